The van der Waals surface area contributed by atoms with Crippen LogP contribution in [0.1, 0.15) is 22.0 Å². The first-order chi connectivity index (χ1) is 16.9. The smallest absolute Gasteiger partial charge is 0.255 e. The maximum atomic E-state index is 12.9. The Morgan fingerprint density at radius 2 is 1.83 bits per heavy atom. The fourth-order valence-electron chi connectivity index (χ4n) is 3.39. The van der Waals surface area contributed by atoms with Crippen LogP contribution in [-0.4, -0.2) is 31.2 Å². The highest BCUT2D eigenvalue weighted by Crippen LogP contribution is 2.43. The van der Waals surface area contributed by atoms with E-state index >= 15 is 0 Å². The van der Waals surface area contributed by atoms with E-state index in [1.807, 2.05) is 0 Å². The maximum Gasteiger partial charge on any atom is 0.255 e. The summed E-state index contributed by atoms with van der Waals surface area (Å²) in [6.07, 6.45) is 0. The van der Waals surface area contributed by atoms with Crippen molar-refractivity contribution in [3.8, 4) is 5.75 Å². The first kappa shape index (κ1) is 24.0. The summed E-state index contributed by atoms with van der Waals surface area (Å²) in [6, 6.07) is 13.3. The van der Waals surface area contributed by atoms with Gasteiger partial charge in [-0.25, -0.2) is 15.8 Å². The first-order valence-electron chi connectivity index (χ1n) is 10.1. The van der Waals surface area contributed by atoms with Crippen molar-refractivity contribution >= 4 is 51.7 Å². The van der Waals surface area contributed by atoms with E-state index in [1.165, 1.54) is 0 Å². The zero-order chi connectivity index (χ0) is 24.9. The highest BCUT2D eigenvalue weighted by atomic mass is 32.2. The SMILES string of the molecule is Cc1nc(C)nc(Nc2cccc(C(=O)Nc3ccc4c(O)c(N=N)c(SOOO)cc4c3)c2)n1. The van der Waals surface area contributed by atoms with Gasteiger partial charge in [-0.3, -0.25) is 4.79 Å². The van der Waals surface area contributed by atoms with Crippen LogP contribution in [0.25, 0.3) is 10.8 Å². The molecule has 0 aliphatic carbocycles. The Balaban J connectivity index is 1.57. The third-order valence-electron chi connectivity index (χ3n) is 4.81. The second-order valence-electron chi connectivity index (χ2n) is 7.26. The number of carbonyl (C=O) groups is 1. The molecule has 5 N–H and O–H groups in total. The van der Waals surface area contributed by atoms with Crippen molar-refractivity contribution in [1.29, 1.82) is 5.53 Å². The number of rotatable bonds is 8. The van der Waals surface area contributed by atoms with Gasteiger partial charge in [0.15, 0.2) is 5.75 Å². The average Bonchev–Trinajstić information content (AvgIpc) is 2.82. The van der Waals surface area contributed by atoms with E-state index < -0.39 is 0 Å². The van der Waals surface area contributed by atoms with Crippen LogP contribution in [0.5, 0.6) is 5.75 Å². The number of aromatic hydroxyl groups is 1. The molecule has 4 rings (SSSR count). The van der Waals surface area contributed by atoms with Crippen molar-refractivity contribution in [1.82, 2.24) is 15.0 Å². The molecule has 1 amide bonds. The van der Waals surface area contributed by atoms with Gasteiger partial charge in [0.1, 0.15) is 17.3 Å². The van der Waals surface area contributed by atoms with Crippen LogP contribution in [0.2, 0.25) is 0 Å². The van der Waals surface area contributed by atoms with Crippen molar-refractivity contribution in [3.63, 3.8) is 0 Å². The number of carbonyl (C=O) groups excluding carboxylic acids is 1. The quantitative estimate of drug-likeness (QED) is 0.0920. The van der Waals surface area contributed by atoms with Crippen molar-refractivity contribution in [2.24, 2.45) is 5.11 Å². The number of nitrogens with one attached hydrogen (secondary N) is 3. The molecule has 0 atom stereocenters. The Morgan fingerprint density at radius 3 is 2.54 bits per heavy atom. The molecule has 12 nitrogen and oxygen atoms in total. The summed E-state index contributed by atoms with van der Waals surface area (Å²) < 4.78 is 4.42. The summed E-state index contributed by atoms with van der Waals surface area (Å²) in [5, 5.41) is 32.6. The van der Waals surface area contributed by atoms with Gasteiger partial charge in [-0.15, -0.1) is 4.33 Å². The molecule has 35 heavy (non-hydrogen) atoms. The molecule has 1 heterocycles. The van der Waals surface area contributed by atoms with E-state index in [-0.39, 0.29) is 22.2 Å². The second-order valence-corrected chi connectivity index (χ2v) is 8.00. The molecule has 0 fully saturated rings. The summed E-state index contributed by atoms with van der Waals surface area (Å²) in [5.41, 5.74) is 8.74. The van der Waals surface area contributed by atoms with Gasteiger partial charge in [-0.05, 0) is 61.7 Å². The van der Waals surface area contributed by atoms with Gasteiger partial charge in [0.2, 0.25) is 5.95 Å². The fraction of sp³-hybridized carbons (Fsp3) is 0.0909. The summed E-state index contributed by atoms with van der Waals surface area (Å²) in [4.78, 5) is 25.8. The van der Waals surface area contributed by atoms with Crippen LogP contribution in [0.4, 0.5) is 23.0 Å². The van der Waals surface area contributed by atoms with Crippen molar-refractivity contribution in [2.75, 3.05) is 10.6 Å². The standard InChI is InChI=1S/C22H19N7O5S/c1-11-24-12(2)26-22(25-11)28-15-5-3-4-13(8-15)21(31)27-16-6-7-17-14(9-16)10-18(35-34-33-32)19(29-23)20(17)30/h3-10,23,30,32H,1-2H3,(H,27,31)(H,24,25,26,28). The number of aryl methyl sites for hydroxylation is 2. The van der Waals surface area contributed by atoms with E-state index in [2.05, 4.69) is 40.1 Å². The molecule has 0 bridgehead atoms. The van der Waals surface area contributed by atoms with E-state index in [0.29, 0.717) is 57.4 Å². The molecule has 3 aromatic carbocycles. The Morgan fingerprint density at radius 1 is 1.06 bits per heavy atom. The lowest BCUT2D eigenvalue weighted by Gasteiger charge is -2.11. The van der Waals surface area contributed by atoms with E-state index in [1.54, 1.807) is 62.4 Å². The molecule has 0 aliphatic heterocycles. The lowest BCUT2D eigenvalue weighted by molar-refractivity contribution is -0.432. The van der Waals surface area contributed by atoms with E-state index in [4.69, 9.17) is 10.8 Å². The number of amides is 1. The van der Waals surface area contributed by atoms with Crippen LogP contribution in [0.15, 0.2) is 58.5 Å². The number of nitrogens with zero attached hydrogens (tertiary/aromatic N) is 4. The molecule has 0 saturated carbocycles. The van der Waals surface area contributed by atoms with Crippen LogP contribution in [0.3, 0.4) is 0 Å². The average molecular weight is 494 g/mol. The fourth-order valence-corrected chi connectivity index (χ4v) is 3.90. The van der Waals surface area contributed by atoms with Gasteiger partial charge >= 0.3 is 0 Å². The molecule has 1 aromatic heterocycles. The van der Waals surface area contributed by atoms with Gasteiger partial charge in [0.25, 0.3) is 5.91 Å². The highest BCUT2D eigenvalue weighted by molar-refractivity contribution is 7.94. The summed E-state index contributed by atoms with van der Waals surface area (Å²) in [6.45, 7) is 3.54. The second kappa shape index (κ2) is 10.4. The number of anilines is 3. The lowest BCUT2D eigenvalue weighted by Crippen LogP contribution is -2.12. The number of fused-ring (bicyclic) bond motifs is 1. The lowest BCUT2D eigenvalue weighted by atomic mass is 10.1. The van der Waals surface area contributed by atoms with Crippen LogP contribution in [-0.2, 0) is 9.37 Å². The molecule has 0 spiro atoms. The largest absolute Gasteiger partial charge is 0.505 e. The predicted octanol–water partition coefficient (Wildman–Crippen LogP) is 5.43. The first-order valence-corrected chi connectivity index (χ1v) is 10.8. The molecular formula is C22H19N7O5S. The van der Waals surface area contributed by atoms with Crippen LogP contribution in [0, 0.1) is 19.4 Å². The third-order valence-corrected chi connectivity index (χ3v) is 5.43. The van der Waals surface area contributed by atoms with Gasteiger partial charge in [0, 0.05) is 22.3 Å². The van der Waals surface area contributed by atoms with E-state index in [9.17, 15) is 9.90 Å². The van der Waals surface area contributed by atoms with Crippen molar-refractivity contribution < 1.29 is 24.5 Å². The van der Waals surface area contributed by atoms with Gasteiger partial charge in [0.05, 0.1) is 16.9 Å². The Bertz CT molecular complexity index is 1410. The van der Waals surface area contributed by atoms with Crippen molar-refractivity contribution in [3.05, 3.63) is 65.7 Å². The van der Waals surface area contributed by atoms with Gasteiger partial charge in [-0.2, -0.15) is 15.1 Å². The molecule has 178 valence electrons. The number of phenolic OH excluding ortho intramolecular Hbond substituents is 1. The van der Waals surface area contributed by atoms with Crippen LogP contribution >= 0.6 is 12.0 Å². The zero-order valence-electron chi connectivity index (χ0n) is 18.4. The monoisotopic (exact) mass is 493 g/mol. The van der Waals surface area contributed by atoms with E-state index in [0.717, 1.165) is 0 Å². The molecule has 4 aromatic rings. The van der Waals surface area contributed by atoms with Gasteiger partial charge in [-0.1, -0.05) is 11.1 Å². The Hall–Kier alpha value is -4.17. The Labute approximate surface area is 202 Å². The number of hydrogen-bond donors (Lipinski definition) is 5. The number of hydrogen-bond acceptors (Lipinski definition) is 12. The molecule has 0 unspecified atom stereocenters. The van der Waals surface area contributed by atoms with Crippen molar-refractivity contribution in [2.45, 2.75) is 18.7 Å². The minimum Gasteiger partial charge on any atom is -0.505 e. The maximum absolute atomic E-state index is 12.9. The van der Waals surface area contributed by atoms with Gasteiger partial charge < -0.3 is 15.7 Å². The molecule has 0 aliphatic rings. The minimum absolute atomic E-state index is 0.0517. The number of aromatic nitrogens is 3. The normalized spacial score (nSPS) is 10.8. The third kappa shape index (κ3) is 5.50. The number of benzene rings is 3. The topological polar surface area (TPSA) is 175 Å². The Kier molecular flexibility index (Phi) is 7.12. The summed E-state index contributed by atoms with van der Waals surface area (Å²) in [5.74, 6) is 0.935. The molecule has 0 saturated heterocycles. The zero-order valence-corrected chi connectivity index (χ0v) is 19.3. The highest BCUT2D eigenvalue weighted by Gasteiger charge is 2.16. The number of phenols is 1. The minimum atomic E-state index is -0.357. The molecule has 0 radical (unpaired) electrons. The predicted molar refractivity (Wildman–Crippen MR) is 128 cm³/mol. The summed E-state index contributed by atoms with van der Waals surface area (Å²) in [7, 11) is 0. The van der Waals surface area contributed by atoms with Crippen LogP contribution < -0.4 is 10.6 Å². The summed E-state index contributed by atoms with van der Waals surface area (Å²) >= 11 is 0.567. The molecular weight excluding hydrogens is 474 g/mol. The molecule has 13 heteroatoms.